The topological polar surface area (TPSA) is 80.3 Å². The number of hydrogen-bond acceptors (Lipinski definition) is 4. The van der Waals surface area contributed by atoms with Crippen LogP contribution in [0.3, 0.4) is 0 Å². The summed E-state index contributed by atoms with van der Waals surface area (Å²) in [5.41, 5.74) is 1.36. The molecule has 0 bridgehead atoms. The normalized spacial score (nSPS) is 12.3. The van der Waals surface area contributed by atoms with E-state index in [1.807, 2.05) is 44.2 Å². The van der Waals surface area contributed by atoms with Crippen LogP contribution < -0.4 is 15.4 Å². The van der Waals surface area contributed by atoms with Crippen LogP contribution in [0.1, 0.15) is 25.0 Å². The monoisotopic (exact) mass is 423 g/mol. The van der Waals surface area contributed by atoms with Crippen LogP contribution >= 0.6 is 0 Å². The lowest BCUT2D eigenvalue weighted by Crippen LogP contribution is -2.49. The summed E-state index contributed by atoms with van der Waals surface area (Å²) in [5.74, 6) is -1.01. The highest BCUT2D eigenvalue weighted by Gasteiger charge is 2.28. The largest absolute Gasteiger partial charge is 0.468 e. The molecule has 1 aromatic carbocycles. The Bertz CT molecular complexity index is 842. The minimum atomic E-state index is -4.46. The van der Waals surface area contributed by atoms with E-state index in [4.69, 9.17) is 0 Å². The number of alkyl halides is 3. The Morgan fingerprint density at radius 3 is 2.43 bits per heavy atom. The fourth-order valence-corrected chi connectivity index (χ4v) is 2.63. The van der Waals surface area contributed by atoms with Gasteiger partial charge < -0.3 is 15.4 Å². The van der Waals surface area contributed by atoms with Gasteiger partial charge in [-0.1, -0.05) is 44.2 Å². The zero-order valence-corrected chi connectivity index (χ0v) is 16.7. The number of hydrogen-bond donors (Lipinski definition) is 2. The quantitative estimate of drug-likeness (QED) is 0.650. The van der Waals surface area contributed by atoms with Crippen LogP contribution in [-0.2, 0) is 22.6 Å². The molecule has 1 aromatic heterocycles. The number of ether oxygens (including phenoxy) is 1. The highest BCUT2D eigenvalue weighted by atomic mass is 19.4. The summed E-state index contributed by atoms with van der Waals surface area (Å²) >= 11 is 0. The number of pyridine rings is 1. The number of halogens is 3. The van der Waals surface area contributed by atoms with Gasteiger partial charge >= 0.3 is 6.18 Å². The minimum Gasteiger partial charge on any atom is -0.468 e. The van der Waals surface area contributed by atoms with Gasteiger partial charge in [0, 0.05) is 18.8 Å². The number of benzene rings is 1. The van der Waals surface area contributed by atoms with E-state index in [1.165, 1.54) is 12.3 Å². The van der Waals surface area contributed by atoms with Gasteiger partial charge in [0.05, 0.1) is 6.42 Å². The molecule has 1 atom stereocenters. The van der Waals surface area contributed by atoms with E-state index in [0.29, 0.717) is 5.56 Å². The molecule has 0 radical (unpaired) electrons. The van der Waals surface area contributed by atoms with E-state index in [-0.39, 0.29) is 36.6 Å². The van der Waals surface area contributed by atoms with Crippen molar-refractivity contribution in [1.29, 1.82) is 0 Å². The van der Waals surface area contributed by atoms with Gasteiger partial charge in [0.2, 0.25) is 17.7 Å². The van der Waals surface area contributed by atoms with Crippen LogP contribution in [0.2, 0.25) is 0 Å². The fraction of sp³-hybridized carbons (Fsp3) is 0.381. The van der Waals surface area contributed by atoms with Crippen LogP contribution in [0, 0.1) is 5.92 Å². The summed E-state index contributed by atoms with van der Waals surface area (Å²) in [6.45, 7) is 2.23. The standard InChI is InChI=1S/C21H24F3N3O3/c1-14(2)19(27-17(28)10-15-6-4-3-5-7-15)20(29)26-12-16-8-9-25-18(11-16)30-13-21(22,23)24/h3-9,11,14,19H,10,12-13H2,1-2H3,(H,26,29)(H,27,28). The highest BCUT2D eigenvalue weighted by Crippen LogP contribution is 2.17. The molecule has 0 fully saturated rings. The summed E-state index contributed by atoms with van der Waals surface area (Å²) in [6, 6.07) is 11.3. The molecule has 0 saturated carbocycles. The van der Waals surface area contributed by atoms with Crippen molar-refractivity contribution in [2.45, 2.75) is 39.0 Å². The Morgan fingerprint density at radius 1 is 1.10 bits per heavy atom. The van der Waals surface area contributed by atoms with Crippen molar-refractivity contribution in [2.24, 2.45) is 5.92 Å². The summed E-state index contributed by atoms with van der Waals surface area (Å²) in [7, 11) is 0. The molecular formula is C21H24F3N3O3. The van der Waals surface area contributed by atoms with Gasteiger partial charge in [-0.3, -0.25) is 9.59 Å². The van der Waals surface area contributed by atoms with Gasteiger partial charge in [-0.15, -0.1) is 0 Å². The molecule has 0 aliphatic carbocycles. The van der Waals surface area contributed by atoms with Crippen molar-refractivity contribution in [3.63, 3.8) is 0 Å². The number of nitrogens with zero attached hydrogens (tertiary/aromatic N) is 1. The maximum absolute atomic E-state index is 12.6. The molecular weight excluding hydrogens is 399 g/mol. The Hall–Kier alpha value is -3.10. The summed E-state index contributed by atoms with van der Waals surface area (Å²) in [5, 5.41) is 5.43. The SMILES string of the molecule is CC(C)C(NC(=O)Cc1ccccc1)C(=O)NCc1ccnc(OCC(F)(F)F)c1. The van der Waals surface area contributed by atoms with Crippen LogP contribution in [0.4, 0.5) is 13.2 Å². The summed E-state index contributed by atoms with van der Waals surface area (Å²) < 4.78 is 41.4. The van der Waals surface area contributed by atoms with Gasteiger partial charge in [-0.05, 0) is 23.1 Å². The predicted octanol–water partition coefficient (Wildman–Crippen LogP) is 3.02. The predicted molar refractivity (Wildman–Crippen MR) is 105 cm³/mol. The lowest BCUT2D eigenvalue weighted by atomic mass is 10.0. The van der Waals surface area contributed by atoms with E-state index in [2.05, 4.69) is 20.4 Å². The van der Waals surface area contributed by atoms with Crippen LogP contribution in [0.25, 0.3) is 0 Å². The van der Waals surface area contributed by atoms with Crippen molar-refractivity contribution in [2.75, 3.05) is 6.61 Å². The molecule has 6 nitrogen and oxygen atoms in total. The third-order valence-corrected chi connectivity index (χ3v) is 4.12. The Kier molecular flexibility index (Phi) is 8.20. The van der Waals surface area contributed by atoms with E-state index < -0.39 is 18.8 Å². The number of aromatic nitrogens is 1. The zero-order chi connectivity index (χ0) is 22.1. The molecule has 2 N–H and O–H groups in total. The average Bonchev–Trinajstić information content (AvgIpc) is 2.69. The Morgan fingerprint density at radius 2 is 1.80 bits per heavy atom. The Balaban J connectivity index is 1.91. The molecule has 2 amide bonds. The van der Waals surface area contributed by atoms with Gasteiger partial charge in [0.1, 0.15) is 6.04 Å². The van der Waals surface area contributed by atoms with Gasteiger partial charge in [-0.25, -0.2) is 4.98 Å². The lowest BCUT2D eigenvalue weighted by Gasteiger charge is -2.22. The van der Waals surface area contributed by atoms with Gasteiger partial charge in [0.25, 0.3) is 0 Å². The van der Waals surface area contributed by atoms with Gasteiger partial charge in [0.15, 0.2) is 6.61 Å². The minimum absolute atomic E-state index is 0.0571. The van der Waals surface area contributed by atoms with Crippen molar-refractivity contribution >= 4 is 11.8 Å². The molecule has 2 rings (SSSR count). The number of rotatable bonds is 9. The first-order chi connectivity index (χ1) is 14.1. The van der Waals surface area contributed by atoms with Crippen molar-refractivity contribution in [3.8, 4) is 5.88 Å². The van der Waals surface area contributed by atoms with Crippen molar-refractivity contribution in [1.82, 2.24) is 15.6 Å². The molecule has 1 unspecified atom stereocenters. The number of carbonyl (C=O) groups is 2. The molecule has 0 aliphatic heterocycles. The maximum Gasteiger partial charge on any atom is 0.422 e. The summed E-state index contributed by atoms with van der Waals surface area (Å²) in [4.78, 5) is 28.6. The fourth-order valence-electron chi connectivity index (χ4n) is 2.63. The van der Waals surface area contributed by atoms with Crippen LogP contribution in [-0.4, -0.2) is 35.6 Å². The summed E-state index contributed by atoms with van der Waals surface area (Å²) in [6.07, 6.45) is -3.01. The van der Waals surface area contributed by atoms with E-state index in [1.54, 1.807) is 6.07 Å². The third kappa shape index (κ3) is 8.10. The third-order valence-electron chi connectivity index (χ3n) is 4.12. The van der Waals surface area contributed by atoms with Crippen molar-refractivity contribution in [3.05, 3.63) is 59.8 Å². The first-order valence-electron chi connectivity index (χ1n) is 9.39. The Labute approximate surface area is 172 Å². The van der Waals surface area contributed by atoms with Crippen LogP contribution in [0.15, 0.2) is 48.7 Å². The van der Waals surface area contributed by atoms with Crippen LogP contribution in [0.5, 0.6) is 5.88 Å². The average molecular weight is 423 g/mol. The first kappa shape index (κ1) is 23.2. The van der Waals surface area contributed by atoms with E-state index in [9.17, 15) is 22.8 Å². The lowest BCUT2D eigenvalue weighted by molar-refractivity contribution is -0.154. The highest BCUT2D eigenvalue weighted by molar-refractivity contribution is 5.88. The van der Waals surface area contributed by atoms with Gasteiger partial charge in [-0.2, -0.15) is 13.2 Å². The van der Waals surface area contributed by atoms with E-state index >= 15 is 0 Å². The second kappa shape index (κ2) is 10.6. The maximum atomic E-state index is 12.6. The second-order valence-corrected chi connectivity index (χ2v) is 7.08. The molecule has 0 aliphatic rings. The molecule has 9 heteroatoms. The molecule has 0 spiro atoms. The number of carbonyl (C=O) groups excluding carboxylic acids is 2. The smallest absolute Gasteiger partial charge is 0.422 e. The van der Waals surface area contributed by atoms with E-state index in [0.717, 1.165) is 5.56 Å². The zero-order valence-electron chi connectivity index (χ0n) is 16.7. The molecule has 0 saturated heterocycles. The molecule has 30 heavy (non-hydrogen) atoms. The molecule has 162 valence electrons. The molecule has 2 aromatic rings. The second-order valence-electron chi connectivity index (χ2n) is 7.08. The number of amides is 2. The molecule has 1 heterocycles. The van der Waals surface area contributed by atoms with Crippen molar-refractivity contribution < 1.29 is 27.5 Å². The number of nitrogens with one attached hydrogen (secondary N) is 2. The first-order valence-corrected chi connectivity index (χ1v) is 9.39.